The monoisotopic (exact) mass is 475 g/mol. The van der Waals surface area contributed by atoms with Crippen LogP contribution in [0.5, 0.6) is 11.8 Å². The molecule has 1 aromatic carbocycles. The van der Waals surface area contributed by atoms with Crippen LogP contribution in [0.2, 0.25) is 0 Å². The molecule has 1 aliphatic heterocycles. The molecule has 1 saturated heterocycles. The van der Waals surface area contributed by atoms with E-state index in [4.69, 9.17) is 4.52 Å². The van der Waals surface area contributed by atoms with Gasteiger partial charge in [-0.05, 0) is 93.8 Å². The number of nitrogens with zero attached hydrogens (tertiary/aromatic N) is 3. The van der Waals surface area contributed by atoms with Crippen molar-refractivity contribution < 1.29 is 14.7 Å². The van der Waals surface area contributed by atoms with Crippen LogP contribution < -0.4 is 0 Å². The third kappa shape index (κ3) is 3.59. The molecule has 6 heteroatoms. The van der Waals surface area contributed by atoms with Crippen molar-refractivity contribution in [3.63, 3.8) is 0 Å². The summed E-state index contributed by atoms with van der Waals surface area (Å²) in [7, 11) is 0. The Morgan fingerprint density at radius 3 is 2.17 bits per heavy atom. The number of hydrogen-bond donors (Lipinski definition) is 2. The Bertz CT molecular complexity index is 1190. The van der Waals surface area contributed by atoms with Crippen LogP contribution in [0.3, 0.4) is 0 Å². The number of para-hydroxylation sites is 1. The molecule has 4 aliphatic rings. The Balaban J connectivity index is 1.02. The van der Waals surface area contributed by atoms with Gasteiger partial charge in [0.1, 0.15) is 0 Å². The van der Waals surface area contributed by atoms with Crippen LogP contribution in [0.1, 0.15) is 92.4 Å². The van der Waals surface area contributed by atoms with Gasteiger partial charge in [0, 0.05) is 35.5 Å². The summed E-state index contributed by atoms with van der Waals surface area (Å²) < 4.78 is 7.45. The van der Waals surface area contributed by atoms with Crippen LogP contribution >= 0.6 is 0 Å². The maximum absolute atomic E-state index is 11.1. The van der Waals surface area contributed by atoms with Crippen molar-refractivity contribution in [1.82, 2.24) is 14.6 Å². The van der Waals surface area contributed by atoms with E-state index < -0.39 is 0 Å². The van der Waals surface area contributed by atoms with Gasteiger partial charge in [0.2, 0.25) is 0 Å². The molecular weight excluding hydrogens is 438 g/mol. The second kappa shape index (κ2) is 8.58. The number of hydrogen-bond acceptors (Lipinski definition) is 5. The molecule has 3 heterocycles. The highest BCUT2D eigenvalue weighted by atomic mass is 16.5. The molecule has 2 saturated carbocycles. The quantitative estimate of drug-likeness (QED) is 0.467. The van der Waals surface area contributed by atoms with Gasteiger partial charge >= 0.3 is 0 Å². The van der Waals surface area contributed by atoms with Gasteiger partial charge in [-0.1, -0.05) is 30.1 Å². The number of fused-ring (bicyclic) bond motifs is 6. The Kier molecular flexibility index (Phi) is 5.34. The fraction of sp³-hybridized carbons (Fsp3) is 0.621. The summed E-state index contributed by atoms with van der Waals surface area (Å²) >= 11 is 0. The largest absolute Gasteiger partial charge is 0.494 e. The highest BCUT2D eigenvalue weighted by molar-refractivity contribution is 5.79. The average molecular weight is 476 g/mol. The highest BCUT2D eigenvalue weighted by Gasteiger charge is 2.44. The Morgan fingerprint density at radius 2 is 1.46 bits per heavy atom. The molecule has 6 nitrogen and oxygen atoms in total. The fourth-order valence-electron chi connectivity index (χ4n) is 8.04. The van der Waals surface area contributed by atoms with Crippen LogP contribution in [0.15, 0.2) is 28.8 Å². The minimum Gasteiger partial charge on any atom is -0.494 e. The molecule has 4 unspecified atom stereocenters. The van der Waals surface area contributed by atoms with Gasteiger partial charge in [-0.25, -0.2) is 0 Å². The molecular formula is C29H37N3O3. The van der Waals surface area contributed by atoms with E-state index in [0.29, 0.717) is 41.3 Å². The molecule has 0 amide bonds. The van der Waals surface area contributed by atoms with Crippen molar-refractivity contribution in [1.29, 1.82) is 0 Å². The summed E-state index contributed by atoms with van der Waals surface area (Å²) in [6, 6.07) is 8.21. The second-order valence-corrected chi connectivity index (χ2v) is 11.7. The molecule has 2 aromatic heterocycles. The average Bonchev–Trinajstić information content (AvgIpc) is 3.66. The Hall–Kier alpha value is -2.47. The molecule has 0 spiro atoms. The summed E-state index contributed by atoms with van der Waals surface area (Å²) in [5, 5.41) is 27.7. The van der Waals surface area contributed by atoms with E-state index in [2.05, 4.69) is 22.2 Å². The third-order valence-corrected chi connectivity index (χ3v) is 9.89. The number of rotatable bonds is 5. The molecule has 3 fully saturated rings. The van der Waals surface area contributed by atoms with Crippen LogP contribution in [-0.2, 0) is 6.54 Å². The second-order valence-electron chi connectivity index (χ2n) is 11.7. The van der Waals surface area contributed by atoms with E-state index in [1.807, 2.05) is 16.7 Å². The van der Waals surface area contributed by atoms with Gasteiger partial charge in [-0.3, -0.25) is 4.57 Å². The fourth-order valence-corrected chi connectivity index (χ4v) is 8.04. The van der Waals surface area contributed by atoms with Crippen LogP contribution in [-0.4, -0.2) is 44.5 Å². The van der Waals surface area contributed by atoms with E-state index in [9.17, 15) is 10.2 Å². The summed E-state index contributed by atoms with van der Waals surface area (Å²) in [4.78, 5) is 2.65. The van der Waals surface area contributed by atoms with Crippen LogP contribution in [0.25, 0.3) is 11.0 Å². The van der Waals surface area contributed by atoms with Crippen molar-refractivity contribution in [2.24, 2.45) is 11.8 Å². The molecule has 3 aromatic rings. The topological polar surface area (TPSA) is 74.7 Å². The first-order chi connectivity index (χ1) is 17.2. The molecule has 4 atom stereocenters. The minimum absolute atomic E-state index is 0.370. The van der Waals surface area contributed by atoms with Gasteiger partial charge < -0.3 is 19.6 Å². The molecule has 2 bridgehead atoms. The van der Waals surface area contributed by atoms with Gasteiger partial charge in [0.05, 0.1) is 5.69 Å². The normalized spacial score (nSPS) is 29.3. The lowest BCUT2D eigenvalue weighted by Crippen LogP contribution is -2.40. The predicted octanol–water partition coefficient (Wildman–Crippen LogP) is 6.09. The molecule has 35 heavy (non-hydrogen) atoms. The Labute approximate surface area is 206 Å². The standard InChI is InChI=1S/C29H37N3O3/c33-28-25-19-9-10-20(15-19)26(25)29(34)32(28)17-22-6-2-1-5-21(22)16-31-13-11-18(12-14-31)27-23-7-3-4-8-24(23)35-30-27/h3-4,7-8,18-22,33-34H,1-2,5-6,9-17H2. The number of piperidine rings is 1. The van der Waals surface area contributed by atoms with E-state index in [1.165, 1.54) is 43.9 Å². The Morgan fingerprint density at radius 1 is 0.800 bits per heavy atom. The number of benzene rings is 1. The summed E-state index contributed by atoms with van der Waals surface area (Å²) in [5.41, 5.74) is 4.18. The summed E-state index contributed by atoms with van der Waals surface area (Å²) in [6.45, 7) is 4.10. The lowest BCUT2D eigenvalue weighted by Gasteiger charge is -2.38. The molecule has 0 radical (unpaired) electrons. The third-order valence-electron chi connectivity index (χ3n) is 9.89. The smallest absolute Gasteiger partial charge is 0.197 e. The number of aromatic nitrogens is 2. The zero-order valence-corrected chi connectivity index (χ0v) is 20.5. The molecule has 186 valence electrons. The first-order valence-electron chi connectivity index (χ1n) is 13.9. The summed E-state index contributed by atoms with van der Waals surface area (Å²) in [6.07, 6.45) is 10.7. The van der Waals surface area contributed by atoms with Gasteiger partial charge in [-0.15, -0.1) is 0 Å². The number of aromatic hydroxyl groups is 2. The lowest BCUT2D eigenvalue weighted by molar-refractivity contribution is 0.116. The first-order valence-corrected chi connectivity index (χ1v) is 13.9. The highest BCUT2D eigenvalue weighted by Crippen LogP contribution is 2.60. The molecule has 3 aliphatic carbocycles. The SMILES string of the molecule is Oc1c2c(c(O)n1CC1CCCCC1CN1CCC(c3noc4ccccc34)CC1)C1CCC2C1. The molecule has 7 rings (SSSR count). The first kappa shape index (κ1) is 21.8. The lowest BCUT2D eigenvalue weighted by atomic mass is 9.78. The maximum atomic E-state index is 11.1. The van der Waals surface area contributed by atoms with Crippen molar-refractivity contribution in [2.75, 3.05) is 19.6 Å². The molecule has 2 N–H and O–H groups in total. The van der Waals surface area contributed by atoms with Crippen molar-refractivity contribution >= 4 is 11.0 Å². The van der Waals surface area contributed by atoms with E-state index in [0.717, 1.165) is 67.8 Å². The zero-order chi connectivity index (χ0) is 23.5. The van der Waals surface area contributed by atoms with E-state index >= 15 is 0 Å². The maximum Gasteiger partial charge on any atom is 0.197 e. The zero-order valence-electron chi connectivity index (χ0n) is 20.5. The van der Waals surface area contributed by atoms with Crippen molar-refractivity contribution in [2.45, 2.75) is 82.1 Å². The van der Waals surface area contributed by atoms with Gasteiger partial charge in [0.25, 0.3) is 0 Å². The number of likely N-dealkylation sites (tertiary alicyclic amines) is 1. The van der Waals surface area contributed by atoms with Gasteiger partial charge in [0.15, 0.2) is 17.3 Å². The van der Waals surface area contributed by atoms with Gasteiger partial charge in [-0.2, -0.15) is 0 Å². The van der Waals surface area contributed by atoms with E-state index in [1.54, 1.807) is 0 Å². The van der Waals surface area contributed by atoms with Crippen molar-refractivity contribution in [3.8, 4) is 11.8 Å². The minimum atomic E-state index is 0.370. The van der Waals surface area contributed by atoms with Crippen LogP contribution in [0.4, 0.5) is 0 Å². The van der Waals surface area contributed by atoms with Crippen molar-refractivity contribution in [3.05, 3.63) is 41.1 Å². The predicted molar refractivity (Wildman–Crippen MR) is 135 cm³/mol. The summed E-state index contributed by atoms with van der Waals surface area (Å²) in [5.74, 6) is 3.29. The van der Waals surface area contributed by atoms with Crippen LogP contribution in [0, 0.1) is 11.8 Å². The van der Waals surface area contributed by atoms with E-state index in [-0.39, 0.29) is 0 Å².